The van der Waals surface area contributed by atoms with Crippen LogP contribution in [0.2, 0.25) is 0 Å². The number of hydrogen-bond acceptors (Lipinski definition) is 9. The highest BCUT2D eigenvalue weighted by Crippen LogP contribution is 2.70. The van der Waals surface area contributed by atoms with E-state index in [-0.39, 0.29) is 47.8 Å². The van der Waals surface area contributed by atoms with Crippen LogP contribution in [0.3, 0.4) is 0 Å². The van der Waals surface area contributed by atoms with Crippen molar-refractivity contribution in [1.82, 2.24) is 15.1 Å². The van der Waals surface area contributed by atoms with Gasteiger partial charge in [0.15, 0.2) is 0 Å². The highest BCUT2D eigenvalue weighted by molar-refractivity contribution is 5.85. The van der Waals surface area contributed by atoms with Crippen molar-refractivity contribution >= 4 is 23.9 Å². The number of nitrogens with zero attached hydrogens (tertiary/aromatic N) is 2. The van der Waals surface area contributed by atoms with Gasteiger partial charge in [-0.3, -0.25) is 14.5 Å². The predicted molar refractivity (Wildman–Crippen MR) is 159 cm³/mol. The Morgan fingerprint density at radius 3 is 2.59 bits per heavy atom. The SMILES string of the molecule is CC(=O)O[C@H]1C[C@]2(O)[C@@H]3CC[C@@H]4C[C@@H](OC(=O)NCCN5CCN(C)CC5=O)CC[C@]4(C)[C@H]3CC[C@]2(C)[C@H]1C1=CC(=O)OC1. The number of hydrogen-bond donors (Lipinski definition) is 2. The molecule has 2 heterocycles. The van der Waals surface area contributed by atoms with E-state index in [0.717, 1.165) is 57.1 Å². The minimum absolute atomic E-state index is 0.0127. The lowest BCUT2D eigenvalue weighted by Gasteiger charge is -2.63. The zero-order chi connectivity index (χ0) is 31.4. The summed E-state index contributed by atoms with van der Waals surface area (Å²) in [5, 5.41) is 15.5. The number of ether oxygens (including phenoxy) is 3. The molecule has 4 saturated carbocycles. The molecule has 11 heteroatoms. The van der Waals surface area contributed by atoms with E-state index in [9.17, 15) is 24.3 Å². The molecular formula is C33H49N3O8. The smallest absolute Gasteiger partial charge is 0.407 e. The fourth-order valence-electron chi connectivity index (χ4n) is 10.4. The zero-order valence-electron chi connectivity index (χ0n) is 26.6. The normalized spacial score (nSPS) is 42.0. The molecule has 9 atom stereocenters. The zero-order valence-corrected chi connectivity index (χ0v) is 26.6. The van der Waals surface area contributed by atoms with Crippen LogP contribution in [0.25, 0.3) is 0 Å². The molecule has 2 aliphatic heterocycles. The lowest BCUT2D eigenvalue weighted by atomic mass is 9.43. The first kappa shape index (κ1) is 31.3. The molecule has 4 aliphatic carbocycles. The van der Waals surface area contributed by atoms with Gasteiger partial charge in [-0.15, -0.1) is 0 Å². The van der Waals surface area contributed by atoms with Crippen molar-refractivity contribution in [2.24, 2.45) is 34.5 Å². The van der Waals surface area contributed by atoms with Crippen molar-refractivity contribution < 1.29 is 38.5 Å². The average Bonchev–Trinajstić information content (AvgIpc) is 3.46. The number of amides is 2. The molecule has 2 N–H and O–H groups in total. The van der Waals surface area contributed by atoms with Crippen LogP contribution in [0.4, 0.5) is 4.79 Å². The average molecular weight is 616 g/mol. The van der Waals surface area contributed by atoms with Crippen LogP contribution in [-0.4, -0.2) is 103 Å². The maximum atomic E-state index is 12.7. The summed E-state index contributed by atoms with van der Waals surface area (Å²) in [7, 11) is 1.93. The molecule has 0 unspecified atom stereocenters. The molecule has 0 bridgehead atoms. The van der Waals surface area contributed by atoms with E-state index in [0.29, 0.717) is 44.4 Å². The topological polar surface area (TPSA) is 135 Å². The Morgan fingerprint density at radius 2 is 1.89 bits per heavy atom. The Balaban J connectivity index is 1.09. The molecule has 6 rings (SSSR count). The Morgan fingerprint density at radius 1 is 1.09 bits per heavy atom. The summed E-state index contributed by atoms with van der Waals surface area (Å²) < 4.78 is 17.0. The standard InChI is InChI=1S/C33H49N3O8/c1-20(37)43-26-17-33(41)25-6-5-22-16-23(44-30(40)34-11-12-36-14-13-35(4)18-27(36)38)7-9-31(22,2)24(25)8-10-32(33,3)29(26)21-15-28(39)42-19-21/h15,22-26,29,41H,5-14,16-19H2,1-4H3,(H,34,40)/t22-,23+,24+,25-,26+,29+,31+,32-,33+/m1/s1. The molecule has 6 aliphatic rings. The number of carbonyl (C=O) groups excluding carboxylic acids is 4. The van der Waals surface area contributed by atoms with Gasteiger partial charge in [0.05, 0.1) is 12.1 Å². The van der Waals surface area contributed by atoms with Crippen molar-refractivity contribution in [3.8, 4) is 0 Å². The van der Waals surface area contributed by atoms with Crippen LogP contribution in [0, 0.1) is 34.5 Å². The quantitative estimate of drug-likeness (QED) is 0.342. The van der Waals surface area contributed by atoms with Gasteiger partial charge in [-0.2, -0.15) is 0 Å². The first-order valence-electron chi connectivity index (χ1n) is 16.5. The molecule has 44 heavy (non-hydrogen) atoms. The second kappa shape index (κ2) is 11.6. The summed E-state index contributed by atoms with van der Waals surface area (Å²) >= 11 is 0. The number of nitrogens with one attached hydrogen (secondary N) is 1. The van der Waals surface area contributed by atoms with Crippen molar-refractivity contribution in [3.05, 3.63) is 11.6 Å². The van der Waals surface area contributed by atoms with E-state index >= 15 is 0 Å². The summed E-state index contributed by atoms with van der Waals surface area (Å²) in [6.07, 6.45) is 6.88. The molecule has 0 radical (unpaired) electrons. The van der Waals surface area contributed by atoms with Crippen molar-refractivity contribution in [1.29, 1.82) is 0 Å². The molecule has 244 valence electrons. The maximum absolute atomic E-state index is 12.7. The molecule has 0 aromatic rings. The molecule has 0 aromatic heterocycles. The third-order valence-electron chi connectivity index (χ3n) is 12.6. The summed E-state index contributed by atoms with van der Waals surface area (Å²) in [6, 6.07) is 0. The summed E-state index contributed by atoms with van der Waals surface area (Å²) in [5.74, 6) is -0.176. The van der Waals surface area contributed by atoms with E-state index in [2.05, 4.69) is 19.2 Å². The van der Waals surface area contributed by atoms with Crippen LogP contribution in [-0.2, 0) is 28.6 Å². The number of fused-ring (bicyclic) bond motifs is 5. The molecule has 1 saturated heterocycles. The van der Waals surface area contributed by atoms with E-state index in [1.54, 1.807) is 4.90 Å². The van der Waals surface area contributed by atoms with E-state index < -0.39 is 23.2 Å². The first-order valence-corrected chi connectivity index (χ1v) is 16.5. The number of rotatable bonds is 6. The Labute approximate surface area is 260 Å². The monoisotopic (exact) mass is 615 g/mol. The van der Waals surface area contributed by atoms with Gasteiger partial charge in [-0.1, -0.05) is 13.8 Å². The number of alkyl carbamates (subject to hydrolysis) is 1. The van der Waals surface area contributed by atoms with E-state index in [1.807, 2.05) is 11.9 Å². The van der Waals surface area contributed by atoms with Gasteiger partial charge in [0.2, 0.25) is 5.91 Å². The van der Waals surface area contributed by atoms with Crippen LogP contribution in [0.15, 0.2) is 11.6 Å². The van der Waals surface area contributed by atoms with Gasteiger partial charge in [0.25, 0.3) is 0 Å². The van der Waals surface area contributed by atoms with Gasteiger partial charge in [0, 0.05) is 56.9 Å². The lowest BCUT2D eigenvalue weighted by Crippen LogP contribution is -2.62. The van der Waals surface area contributed by atoms with Gasteiger partial charge in [-0.05, 0) is 80.7 Å². The third kappa shape index (κ3) is 5.31. The second-order valence-electron chi connectivity index (χ2n) is 14.9. The minimum Gasteiger partial charge on any atom is -0.462 e. The number of aliphatic hydroxyl groups is 1. The minimum atomic E-state index is -1.03. The Kier molecular flexibility index (Phi) is 8.26. The van der Waals surface area contributed by atoms with Gasteiger partial charge in [-0.25, -0.2) is 9.59 Å². The number of likely N-dealkylation sites (N-methyl/N-ethyl adjacent to an activating group) is 1. The third-order valence-corrected chi connectivity index (χ3v) is 12.6. The number of cyclic esters (lactones) is 1. The van der Waals surface area contributed by atoms with Crippen LogP contribution in [0.5, 0.6) is 0 Å². The predicted octanol–water partition coefficient (Wildman–Crippen LogP) is 2.65. The van der Waals surface area contributed by atoms with Crippen LogP contribution >= 0.6 is 0 Å². The molecule has 5 fully saturated rings. The molecular weight excluding hydrogens is 566 g/mol. The number of carbonyl (C=O) groups is 4. The highest BCUT2D eigenvalue weighted by atomic mass is 16.6. The largest absolute Gasteiger partial charge is 0.462 e. The van der Waals surface area contributed by atoms with Gasteiger partial charge < -0.3 is 29.5 Å². The molecule has 0 aromatic carbocycles. The van der Waals surface area contributed by atoms with Crippen molar-refractivity contribution in [2.75, 3.05) is 46.4 Å². The Hall–Kier alpha value is -2.66. The molecule has 0 spiro atoms. The maximum Gasteiger partial charge on any atom is 0.407 e. The van der Waals surface area contributed by atoms with Gasteiger partial charge >= 0.3 is 18.0 Å². The van der Waals surface area contributed by atoms with Crippen molar-refractivity contribution in [2.45, 2.75) is 89.9 Å². The van der Waals surface area contributed by atoms with Gasteiger partial charge in [0.1, 0.15) is 18.8 Å². The lowest BCUT2D eigenvalue weighted by molar-refractivity contribution is -0.208. The van der Waals surface area contributed by atoms with Crippen molar-refractivity contribution in [3.63, 3.8) is 0 Å². The van der Waals surface area contributed by atoms with Crippen LogP contribution < -0.4 is 5.32 Å². The molecule has 2 amide bonds. The van der Waals surface area contributed by atoms with E-state index in [4.69, 9.17) is 14.2 Å². The Bertz CT molecular complexity index is 1220. The van der Waals surface area contributed by atoms with Crippen LogP contribution in [0.1, 0.15) is 72.1 Å². The second-order valence-corrected chi connectivity index (χ2v) is 14.9. The molecule has 11 nitrogen and oxygen atoms in total. The highest BCUT2D eigenvalue weighted by Gasteiger charge is 2.71. The van der Waals surface area contributed by atoms with E-state index in [1.165, 1.54) is 13.0 Å². The fraction of sp³-hybridized carbons (Fsp3) is 0.818. The summed E-state index contributed by atoms with van der Waals surface area (Å²) in [4.78, 5) is 52.8. The summed E-state index contributed by atoms with van der Waals surface area (Å²) in [6.45, 7) is 8.84. The fourth-order valence-corrected chi connectivity index (χ4v) is 10.4. The number of esters is 2. The first-order chi connectivity index (χ1) is 20.8. The summed E-state index contributed by atoms with van der Waals surface area (Å²) in [5.41, 5.74) is -0.730. The number of piperazine rings is 1.